The van der Waals surface area contributed by atoms with E-state index >= 15 is 0 Å². The highest BCUT2D eigenvalue weighted by atomic mass is 16.5. The lowest BCUT2D eigenvalue weighted by molar-refractivity contribution is -0.129. The maximum absolute atomic E-state index is 10.9. The quantitative estimate of drug-likeness (QED) is 0.242. The summed E-state index contributed by atoms with van der Waals surface area (Å²) in [5, 5.41) is 7.67. The first-order chi connectivity index (χ1) is 18.3. The molecular formula is C30H35N3O5. The lowest BCUT2D eigenvalue weighted by Gasteiger charge is -2.08. The highest BCUT2D eigenvalue weighted by Gasteiger charge is 2.03. The summed E-state index contributed by atoms with van der Waals surface area (Å²) in [5.74, 6) is 0.833. The van der Waals surface area contributed by atoms with Crippen molar-refractivity contribution < 1.29 is 23.9 Å². The van der Waals surface area contributed by atoms with E-state index in [4.69, 9.17) is 20.0 Å². The van der Waals surface area contributed by atoms with Crippen LogP contribution in [-0.2, 0) is 27.2 Å². The number of nitrogens with one attached hydrogen (secondary N) is 1. The third-order valence-electron chi connectivity index (χ3n) is 5.66. The van der Waals surface area contributed by atoms with Gasteiger partial charge >= 0.3 is 0 Å². The molecule has 200 valence electrons. The summed E-state index contributed by atoms with van der Waals surface area (Å²) in [6.07, 6.45) is 1.79. The van der Waals surface area contributed by atoms with Gasteiger partial charge in [-0.2, -0.15) is 0 Å². The van der Waals surface area contributed by atoms with Gasteiger partial charge in [0.15, 0.2) is 0 Å². The Bertz CT molecular complexity index is 1370. The zero-order valence-corrected chi connectivity index (χ0v) is 22.0. The van der Waals surface area contributed by atoms with E-state index in [2.05, 4.69) is 59.6 Å². The number of hydrogen-bond acceptors (Lipinski definition) is 6. The van der Waals surface area contributed by atoms with Crippen LogP contribution in [0, 0.1) is 0 Å². The molecular weight excluding hydrogens is 482 g/mol. The summed E-state index contributed by atoms with van der Waals surface area (Å²) < 4.78 is 10.5. The fourth-order valence-electron chi connectivity index (χ4n) is 3.85. The Hall–Kier alpha value is -4.43. The summed E-state index contributed by atoms with van der Waals surface area (Å²) in [7, 11) is 3.35. The number of carbonyl (C=O) groups excluding carboxylic acids is 3. The zero-order valence-electron chi connectivity index (χ0n) is 22.0. The van der Waals surface area contributed by atoms with E-state index in [-0.39, 0.29) is 12.2 Å². The molecule has 0 heterocycles. The number of amides is 2. The Kier molecular flexibility index (Phi) is 12.3. The Morgan fingerprint density at radius 3 is 1.68 bits per heavy atom. The van der Waals surface area contributed by atoms with Crippen molar-refractivity contribution in [3.05, 3.63) is 83.9 Å². The van der Waals surface area contributed by atoms with Crippen molar-refractivity contribution >= 4 is 39.6 Å². The lowest BCUT2D eigenvalue weighted by Crippen LogP contribution is -2.22. The first kappa shape index (κ1) is 29.8. The molecule has 0 fully saturated rings. The molecule has 0 aromatic heterocycles. The van der Waals surface area contributed by atoms with Crippen molar-refractivity contribution in [3.63, 3.8) is 0 Å². The van der Waals surface area contributed by atoms with Crippen LogP contribution in [0.5, 0.6) is 11.5 Å². The average Bonchev–Trinajstić information content (AvgIpc) is 2.93. The fourth-order valence-corrected chi connectivity index (χ4v) is 3.85. The van der Waals surface area contributed by atoms with Gasteiger partial charge in [0.2, 0.25) is 12.2 Å². The van der Waals surface area contributed by atoms with Gasteiger partial charge in [0.1, 0.15) is 11.5 Å². The first-order valence-electron chi connectivity index (χ1n) is 12.1. The molecule has 38 heavy (non-hydrogen) atoms. The van der Waals surface area contributed by atoms with Gasteiger partial charge in [-0.15, -0.1) is 0 Å². The SMILES string of the molecule is COc1ccc2cccc(CCN)c2c1.COc1ccc2cccc(CCNC(C)=O)c2c1.NC(=O)C=O. The fraction of sp³-hybridized carbons (Fsp3) is 0.233. The van der Waals surface area contributed by atoms with Crippen LogP contribution in [-0.4, -0.2) is 45.4 Å². The van der Waals surface area contributed by atoms with Gasteiger partial charge in [-0.05, 0) is 76.3 Å². The molecule has 4 aromatic carbocycles. The van der Waals surface area contributed by atoms with Crippen molar-refractivity contribution in [3.8, 4) is 11.5 Å². The molecule has 0 bridgehead atoms. The molecule has 0 radical (unpaired) electrons. The minimum atomic E-state index is -0.926. The Morgan fingerprint density at radius 2 is 1.29 bits per heavy atom. The number of carbonyl (C=O) groups is 3. The maximum Gasteiger partial charge on any atom is 0.281 e. The number of aldehydes is 1. The van der Waals surface area contributed by atoms with Crippen LogP contribution in [0.3, 0.4) is 0 Å². The number of benzene rings is 4. The molecule has 4 rings (SSSR count). The number of hydrogen-bond donors (Lipinski definition) is 3. The summed E-state index contributed by atoms with van der Waals surface area (Å²) in [6, 6.07) is 24.7. The predicted molar refractivity (Wildman–Crippen MR) is 151 cm³/mol. The third-order valence-corrected chi connectivity index (χ3v) is 5.66. The van der Waals surface area contributed by atoms with Crippen LogP contribution < -0.4 is 26.3 Å². The molecule has 4 aromatic rings. The van der Waals surface area contributed by atoms with E-state index in [1.54, 1.807) is 14.2 Å². The van der Waals surface area contributed by atoms with Gasteiger partial charge in [-0.25, -0.2) is 0 Å². The molecule has 0 atom stereocenters. The summed E-state index contributed by atoms with van der Waals surface area (Å²) in [4.78, 5) is 29.1. The smallest absolute Gasteiger partial charge is 0.281 e. The van der Waals surface area contributed by atoms with E-state index < -0.39 is 5.91 Å². The molecule has 0 unspecified atom stereocenters. The van der Waals surface area contributed by atoms with Gasteiger partial charge < -0.3 is 26.3 Å². The largest absolute Gasteiger partial charge is 0.497 e. The van der Waals surface area contributed by atoms with Crippen LogP contribution in [0.2, 0.25) is 0 Å². The molecule has 0 saturated carbocycles. The van der Waals surface area contributed by atoms with Crippen molar-refractivity contribution in [2.24, 2.45) is 11.5 Å². The summed E-state index contributed by atoms with van der Waals surface area (Å²) in [6.45, 7) is 2.87. The standard InChI is InChI=1S/C15H17NO2.C13H15NO.C2H3NO2/c1-11(17)16-9-8-13-5-3-4-12-6-7-14(18-2)10-15(12)13;1-15-12-6-5-10-3-2-4-11(7-8-14)13(10)9-12;3-2(5)1-4/h3-7,10H,8-9H2,1-2H3,(H,16,17);2-6,9H,7-8,14H2,1H3;1H,(H2,3,5). The van der Waals surface area contributed by atoms with Crippen molar-refractivity contribution in [2.45, 2.75) is 19.8 Å². The molecule has 0 spiro atoms. The predicted octanol–water partition coefficient (Wildman–Crippen LogP) is 3.55. The molecule has 5 N–H and O–H groups in total. The second-order valence-corrected chi connectivity index (χ2v) is 8.30. The monoisotopic (exact) mass is 517 g/mol. The van der Waals surface area contributed by atoms with Crippen molar-refractivity contribution in [1.29, 1.82) is 0 Å². The second kappa shape index (κ2) is 15.6. The van der Waals surface area contributed by atoms with E-state index in [9.17, 15) is 9.59 Å². The van der Waals surface area contributed by atoms with Crippen molar-refractivity contribution in [1.82, 2.24) is 5.32 Å². The second-order valence-electron chi connectivity index (χ2n) is 8.30. The van der Waals surface area contributed by atoms with E-state index in [1.165, 1.54) is 39.6 Å². The normalized spacial score (nSPS) is 9.89. The van der Waals surface area contributed by atoms with Crippen LogP contribution in [0.4, 0.5) is 0 Å². The number of fused-ring (bicyclic) bond motifs is 2. The van der Waals surface area contributed by atoms with Gasteiger partial charge in [-0.3, -0.25) is 14.4 Å². The average molecular weight is 518 g/mol. The minimum absolute atomic E-state index is 0.00724. The molecule has 0 saturated heterocycles. The van der Waals surface area contributed by atoms with Gasteiger partial charge in [0, 0.05) is 13.5 Å². The minimum Gasteiger partial charge on any atom is -0.497 e. The molecule has 8 heteroatoms. The Balaban J connectivity index is 0.000000230. The highest BCUT2D eigenvalue weighted by molar-refractivity contribution is 6.22. The van der Waals surface area contributed by atoms with Crippen LogP contribution in [0.25, 0.3) is 21.5 Å². The van der Waals surface area contributed by atoms with Crippen LogP contribution in [0.15, 0.2) is 72.8 Å². The van der Waals surface area contributed by atoms with E-state index in [0.717, 1.165) is 24.3 Å². The molecule has 0 aliphatic heterocycles. The Morgan fingerprint density at radius 1 is 0.816 bits per heavy atom. The van der Waals surface area contributed by atoms with Gasteiger partial charge in [0.25, 0.3) is 5.91 Å². The van der Waals surface area contributed by atoms with E-state index in [0.29, 0.717) is 13.1 Å². The van der Waals surface area contributed by atoms with Crippen LogP contribution in [0.1, 0.15) is 18.1 Å². The topological polar surface area (TPSA) is 134 Å². The number of nitrogens with two attached hydrogens (primary N) is 2. The van der Waals surface area contributed by atoms with Crippen molar-refractivity contribution in [2.75, 3.05) is 27.3 Å². The van der Waals surface area contributed by atoms with Gasteiger partial charge in [-0.1, -0.05) is 48.5 Å². The summed E-state index contributed by atoms with van der Waals surface area (Å²) in [5.41, 5.74) is 12.4. The Labute approximate surface area is 222 Å². The molecule has 0 aliphatic rings. The number of primary amides is 1. The highest BCUT2D eigenvalue weighted by Crippen LogP contribution is 2.25. The maximum atomic E-state index is 10.9. The van der Waals surface area contributed by atoms with Crippen LogP contribution >= 0.6 is 0 Å². The lowest BCUT2D eigenvalue weighted by atomic mass is 10.0. The first-order valence-corrected chi connectivity index (χ1v) is 12.1. The van der Waals surface area contributed by atoms with E-state index in [1.807, 2.05) is 24.3 Å². The third kappa shape index (κ3) is 9.22. The number of methoxy groups -OCH3 is 2. The molecule has 0 aliphatic carbocycles. The number of ether oxygens (including phenoxy) is 2. The molecule has 8 nitrogen and oxygen atoms in total. The summed E-state index contributed by atoms with van der Waals surface area (Å²) >= 11 is 0. The molecule has 2 amide bonds. The van der Waals surface area contributed by atoms with Gasteiger partial charge in [0.05, 0.1) is 14.2 Å². The zero-order chi connectivity index (χ0) is 27.9. The number of rotatable bonds is 8.